The lowest BCUT2D eigenvalue weighted by Gasteiger charge is -2.34. The van der Waals surface area contributed by atoms with Crippen molar-refractivity contribution in [2.75, 3.05) is 45.8 Å². The highest BCUT2D eigenvalue weighted by molar-refractivity contribution is 8.26. The molecule has 0 spiro atoms. The highest BCUT2D eigenvalue weighted by Gasteiger charge is 2.32. The van der Waals surface area contributed by atoms with Gasteiger partial charge in [0.2, 0.25) is 0 Å². The summed E-state index contributed by atoms with van der Waals surface area (Å²) in [6, 6.07) is 6.53. The molecular formula is C23H21F3N4O3S2. The van der Waals surface area contributed by atoms with Crippen molar-refractivity contribution < 1.29 is 27.9 Å². The van der Waals surface area contributed by atoms with Gasteiger partial charge >= 0.3 is 5.97 Å². The van der Waals surface area contributed by atoms with Gasteiger partial charge in [0.1, 0.15) is 4.32 Å². The zero-order valence-corrected chi connectivity index (χ0v) is 20.0. The van der Waals surface area contributed by atoms with Crippen LogP contribution in [0.15, 0.2) is 35.2 Å². The van der Waals surface area contributed by atoms with E-state index in [-0.39, 0.29) is 23.7 Å². The number of halogens is 3. The van der Waals surface area contributed by atoms with Gasteiger partial charge in [0.05, 0.1) is 22.8 Å². The molecule has 2 saturated heterocycles. The van der Waals surface area contributed by atoms with Crippen molar-refractivity contribution in [3.05, 3.63) is 58.4 Å². The van der Waals surface area contributed by atoms with Gasteiger partial charge in [-0.1, -0.05) is 30.0 Å². The number of carboxylic acid groups (broad SMARTS) is 1. The third-order valence-electron chi connectivity index (χ3n) is 5.67. The van der Waals surface area contributed by atoms with Gasteiger partial charge in [-0.3, -0.25) is 24.3 Å². The van der Waals surface area contributed by atoms with Crippen LogP contribution in [0.1, 0.15) is 5.69 Å². The van der Waals surface area contributed by atoms with E-state index in [0.717, 1.165) is 23.9 Å². The number of carboxylic acids is 1. The van der Waals surface area contributed by atoms with E-state index in [1.165, 1.54) is 11.0 Å². The van der Waals surface area contributed by atoms with Crippen LogP contribution in [-0.4, -0.2) is 86.8 Å². The van der Waals surface area contributed by atoms with Crippen LogP contribution in [0.25, 0.3) is 17.3 Å². The molecule has 2 aliphatic rings. The maximum atomic E-state index is 13.6. The van der Waals surface area contributed by atoms with Gasteiger partial charge in [-0.05, 0) is 30.3 Å². The Balaban J connectivity index is 1.40. The van der Waals surface area contributed by atoms with E-state index >= 15 is 0 Å². The number of carbonyl (C=O) groups excluding carboxylic acids is 1. The van der Waals surface area contributed by atoms with Gasteiger partial charge in [0.15, 0.2) is 17.5 Å². The maximum Gasteiger partial charge on any atom is 0.317 e. The van der Waals surface area contributed by atoms with E-state index in [2.05, 4.69) is 9.88 Å². The maximum absolute atomic E-state index is 13.6. The van der Waals surface area contributed by atoms with Gasteiger partial charge in [-0.2, -0.15) is 0 Å². The quantitative estimate of drug-likeness (QED) is 0.338. The smallest absolute Gasteiger partial charge is 0.317 e. The number of carbonyl (C=O) groups is 2. The molecule has 1 amide bonds. The molecule has 2 aromatic rings. The van der Waals surface area contributed by atoms with E-state index in [9.17, 15) is 22.8 Å². The average molecular weight is 523 g/mol. The number of amides is 1. The summed E-state index contributed by atoms with van der Waals surface area (Å²) < 4.78 is 40.9. The number of benzene rings is 1. The van der Waals surface area contributed by atoms with Crippen LogP contribution in [0.3, 0.4) is 0 Å². The van der Waals surface area contributed by atoms with Crippen molar-refractivity contribution in [3.63, 3.8) is 0 Å². The number of rotatable bonds is 7. The van der Waals surface area contributed by atoms with Crippen LogP contribution in [0.2, 0.25) is 0 Å². The highest BCUT2D eigenvalue weighted by Crippen LogP contribution is 2.32. The zero-order valence-electron chi connectivity index (χ0n) is 18.4. The first-order valence-electron chi connectivity index (χ1n) is 10.7. The molecule has 2 aliphatic heterocycles. The minimum atomic E-state index is -1.55. The van der Waals surface area contributed by atoms with Gasteiger partial charge in [-0.15, -0.1) is 0 Å². The molecule has 7 nitrogen and oxygen atoms in total. The Bertz CT molecular complexity index is 1180. The Morgan fingerprint density at radius 2 is 1.74 bits per heavy atom. The fourth-order valence-corrected chi connectivity index (χ4v) is 5.12. The highest BCUT2D eigenvalue weighted by atomic mass is 32.2. The summed E-state index contributed by atoms with van der Waals surface area (Å²) in [5.41, 5.74) is 0.699. The SMILES string of the molecule is O=C(O)CN1CCN(CCN2C(=O)/C(=C/c3cccc(-c4cc(F)c(F)c(F)c4)n3)SC2=S)CC1. The van der Waals surface area contributed by atoms with Crippen LogP contribution in [0.4, 0.5) is 13.2 Å². The number of aliphatic carboxylic acids is 1. The molecule has 1 aromatic carbocycles. The molecule has 0 unspecified atom stereocenters. The van der Waals surface area contributed by atoms with Crippen LogP contribution in [0, 0.1) is 17.5 Å². The molecule has 1 N–H and O–H groups in total. The molecule has 3 heterocycles. The lowest BCUT2D eigenvalue weighted by atomic mass is 10.1. The monoisotopic (exact) mass is 522 g/mol. The second kappa shape index (κ2) is 10.9. The first-order valence-corrected chi connectivity index (χ1v) is 12.0. The van der Waals surface area contributed by atoms with Crippen molar-refractivity contribution in [2.45, 2.75) is 0 Å². The summed E-state index contributed by atoms with van der Waals surface area (Å²) in [4.78, 5) is 34.0. The molecule has 0 atom stereocenters. The van der Waals surface area contributed by atoms with Crippen molar-refractivity contribution in [1.29, 1.82) is 0 Å². The zero-order chi connectivity index (χ0) is 25.1. The van der Waals surface area contributed by atoms with Crippen molar-refractivity contribution in [3.8, 4) is 11.3 Å². The third-order valence-corrected chi connectivity index (χ3v) is 7.04. The second-order valence-electron chi connectivity index (χ2n) is 8.05. The van der Waals surface area contributed by atoms with Crippen LogP contribution >= 0.6 is 24.0 Å². The molecule has 0 bridgehead atoms. The normalized spacial score (nSPS) is 18.6. The average Bonchev–Trinajstić information content (AvgIpc) is 3.08. The number of piperazine rings is 1. The topological polar surface area (TPSA) is 77.0 Å². The first kappa shape index (κ1) is 25.3. The molecular weight excluding hydrogens is 501 g/mol. The number of nitrogens with zero attached hydrogens (tertiary/aromatic N) is 4. The van der Waals surface area contributed by atoms with E-state index < -0.39 is 23.4 Å². The van der Waals surface area contributed by atoms with Crippen molar-refractivity contribution >= 4 is 46.3 Å². The Morgan fingerprint density at radius 3 is 2.40 bits per heavy atom. The van der Waals surface area contributed by atoms with Crippen LogP contribution < -0.4 is 0 Å². The minimum Gasteiger partial charge on any atom is -0.480 e. The van der Waals surface area contributed by atoms with Crippen molar-refractivity contribution in [1.82, 2.24) is 19.7 Å². The third kappa shape index (κ3) is 6.07. The largest absolute Gasteiger partial charge is 0.480 e. The molecule has 184 valence electrons. The fourth-order valence-electron chi connectivity index (χ4n) is 3.83. The minimum absolute atomic E-state index is 0.0214. The number of thiocarbonyl (C=S) groups is 1. The first-order chi connectivity index (χ1) is 16.7. The van der Waals surface area contributed by atoms with E-state index in [1.54, 1.807) is 18.2 Å². The molecule has 12 heteroatoms. The van der Waals surface area contributed by atoms with E-state index in [4.69, 9.17) is 17.3 Å². The summed E-state index contributed by atoms with van der Waals surface area (Å²) in [6.45, 7) is 3.74. The molecule has 2 fully saturated rings. The molecule has 4 rings (SSSR count). The van der Waals surface area contributed by atoms with Gasteiger partial charge < -0.3 is 5.11 Å². The summed E-state index contributed by atoms with van der Waals surface area (Å²) in [6.07, 6.45) is 1.56. The number of hydrogen-bond acceptors (Lipinski definition) is 7. The molecule has 0 aliphatic carbocycles. The lowest BCUT2D eigenvalue weighted by Crippen LogP contribution is -2.49. The van der Waals surface area contributed by atoms with Crippen LogP contribution in [0.5, 0.6) is 0 Å². The summed E-state index contributed by atoms with van der Waals surface area (Å²) >= 11 is 6.53. The standard InChI is InChI=1S/C23H21F3N4O3S2/c24-16-10-14(11-17(25)21(16)26)18-3-1-2-15(27-18)12-19-22(33)30(23(34)35-19)9-8-28-4-6-29(7-5-28)13-20(31)32/h1-3,10-12H,4-9,13H2,(H,31,32)/b19-12-. The second-order valence-corrected chi connectivity index (χ2v) is 9.72. The summed E-state index contributed by atoms with van der Waals surface area (Å²) in [5.74, 6) is -5.26. The molecule has 0 radical (unpaired) electrons. The van der Waals surface area contributed by atoms with Gasteiger partial charge in [-0.25, -0.2) is 18.2 Å². The molecule has 0 saturated carbocycles. The Hall–Kier alpha value is -2.80. The van der Waals surface area contributed by atoms with Crippen molar-refractivity contribution in [2.24, 2.45) is 0 Å². The van der Waals surface area contributed by atoms with Gasteiger partial charge in [0.25, 0.3) is 5.91 Å². The fraction of sp³-hybridized carbons (Fsp3) is 0.304. The predicted octanol–water partition coefficient (Wildman–Crippen LogP) is 3.07. The van der Waals surface area contributed by atoms with E-state index in [0.29, 0.717) is 54.2 Å². The summed E-state index contributed by atoms with van der Waals surface area (Å²) in [5, 5.41) is 8.90. The van der Waals surface area contributed by atoms with Crippen LogP contribution in [-0.2, 0) is 9.59 Å². The number of pyridine rings is 1. The summed E-state index contributed by atoms with van der Waals surface area (Å²) in [7, 11) is 0. The van der Waals surface area contributed by atoms with Gasteiger partial charge in [0, 0.05) is 44.8 Å². The number of thioether (sulfide) groups is 1. The predicted molar refractivity (Wildman–Crippen MR) is 130 cm³/mol. The van der Waals surface area contributed by atoms with E-state index in [1.807, 2.05) is 4.90 Å². The number of aromatic nitrogens is 1. The molecule has 35 heavy (non-hydrogen) atoms. The Morgan fingerprint density at radius 1 is 1.09 bits per heavy atom. The Labute approximate surface area is 209 Å². The lowest BCUT2D eigenvalue weighted by molar-refractivity contribution is -0.138. The Kier molecular flexibility index (Phi) is 7.85. The number of hydrogen-bond donors (Lipinski definition) is 1. The molecule has 1 aromatic heterocycles.